The van der Waals surface area contributed by atoms with Crippen LogP contribution in [0.15, 0.2) is 158 Å². The molecule has 0 amide bonds. The summed E-state index contributed by atoms with van der Waals surface area (Å²) in [6.45, 7) is 0. The number of fused-ring (bicyclic) bond motifs is 14. The van der Waals surface area contributed by atoms with Crippen LogP contribution in [0.3, 0.4) is 0 Å². The summed E-state index contributed by atoms with van der Waals surface area (Å²) >= 11 is 0. The Balaban J connectivity index is 1.25. The topological polar surface area (TPSA) is 56.4 Å². The highest BCUT2D eigenvalue weighted by Gasteiger charge is 2.24. The molecule has 12 rings (SSSR count). The number of pyridine rings is 1. The molecule has 0 saturated carbocycles. The molecule has 0 saturated heterocycles. The Morgan fingerprint density at radius 2 is 0.857 bits per heavy atom. The number of aromatic nitrogens is 5. The fourth-order valence-electron chi connectivity index (χ4n) is 9.68. The van der Waals surface area contributed by atoms with Crippen molar-refractivity contribution in [2.45, 2.75) is 0 Å². The van der Waals surface area contributed by atoms with Gasteiger partial charge in [-0.05, 0) is 36.4 Å². The van der Waals surface area contributed by atoms with Gasteiger partial charge in [-0.15, -0.1) is 0 Å². The number of hydrogen-bond donors (Lipinski definition) is 0. The van der Waals surface area contributed by atoms with Gasteiger partial charge in [0, 0.05) is 79.3 Å². The highest BCUT2D eigenvalue weighted by molar-refractivity contribution is 6.24. The molecule has 7 aromatic carbocycles. The first-order chi connectivity index (χ1) is 27.6. The zero-order chi connectivity index (χ0) is 37.2. The third kappa shape index (κ3) is 3.91. The Bertz CT molecular complexity index is 3690. The lowest BCUT2D eigenvalue weighted by Crippen LogP contribution is -2.05. The van der Waals surface area contributed by atoms with Crippen LogP contribution in [0.4, 0.5) is 0 Å². The first-order valence-electron chi connectivity index (χ1n) is 18.9. The summed E-state index contributed by atoms with van der Waals surface area (Å²) in [5, 5.41) is 20.1. The van der Waals surface area contributed by atoms with E-state index in [0.29, 0.717) is 5.56 Å². The van der Waals surface area contributed by atoms with Gasteiger partial charge in [0.05, 0.1) is 56.6 Å². The Hall–Kier alpha value is -7.62. The monoisotopic (exact) mass is 716 g/mol. The molecule has 12 aromatic rings. The molecule has 0 fully saturated rings. The molecule has 0 unspecified atom stereocenters. The van der Waals surface area contributed by atoms with E-state index in [0.717, 1.165) is 55.7 Å². The molecular formula is C50H32N6. The summed E-state index contributed by atoms with van der Waals surface area (Å²) in [4.78, 5) is 5.41. The minimum Gasteiger partial charge on any atom is -0.342 e. The molecule has 0 spiro atoms. The minimum absolute atomic E-state index is 0.611. The number of hydrogen-bond acceptors (Lipinski definition) is 2. The molecule has 6 nitrogen and oxygen atoms in total. The van der Waals surface area contributed by atoms with Crippen molar-refractivity contribution >= 4 is 87.2 Å². The van der Waals surface area contributed by atoms with Crippen LogP contribution >= 0.6 is 0 Å². The third-order valence-corrected chi connectivity index (χ3v) is 12.1. The molecule has 0 bridgehead atoms. The number of rotatable bonds is 3. The fourth-order valence-corrected chi connectivity index (χ4v) is 9.68. The number of benzene rings is 7. The molecule has 0 aliphatic carbocycles. The smallest absolute Gasteiger partial charge is 0.138 e. The highest BCUT2D eigenvalue weighted by Crippen LogP contribution is 2.44. The van der Waals surface area contributed by atoms with E-state index >= 15 is 0 Å². The van der Waals surface area contributed by atoms with Gasteiger partial charge in [0.2, 0.25) is 0 Å². The van der Waals surface area contributed by atoms with Gasteiger partial charge in [-0.3, -0.25) is 4.57 Å². The Labute approximate surface area is 320 Å². The Kier molecular flexibility index (Phi) is 6.16. The zero-order valence-corrected chi connectivity index (χ0v) is 30.7. The fraction of sp³-hybridized carbons (Fsp3) is 0.0400. The maximum Gasteiger partial charge on any atom is 0.138 e. The standard InChI is InChI=1S/C50H32N6/c1-53-41-19-9-5-15-32(41)36-23-25-38-34-17-7-11-21-43(34)55(49(38)47(36)53)45-29-52-46(27-40(45)31-14-4-3-13-30(31)28-51)56-44-22-12-8-18-35(44)39-26-24-37-33-16-6-10-20-42(33)54(2)48(37)50(39)56/h3-27,29H,1-2H3. The second-order valence-electron chi connectivity index (χ2n) is 14.8. The van der Waals surface area contributed by atoms with Gasteiger partial charge in [-0.25, -0.2) is 4.98 Å². The number of para-hydroxylation sites is 4. The lowest BCUT2D eigenvalue weighted by atomic mass is 9.99. The van der Waals surface area contributed by atoms with Crippen molar-refractivity contribution in [1.29, 1.82) is 5.26 Å². The van der Waals surface area contributed by atoms with E-state index in [9.17, 15) is 5.26 Å². The van der Waals surface area contributed by atoms with Crippen LogP contribution in [0.25, 0.3) is 110 Å². The number of nitriles is 1. The first-order valence-corrected chi connectivity index (χ1v) is 18.9. The van der Waals surface area contributed by atoms with E-state index in [1.807, 2.05) is 24.4 Å². The van der Waals surface area contributed by atoms with Crippen molar-refractivity contribution in [3.05, 3.63) is 163 Å². The molecule has 0 atom stereocenters. The van der Waals surface area contributed by atoms with Crippen molar-refractivity contribution < 1.29 is 0 Å². The van der Waals surface area contributed by atoms with Crippen molar-refractivity contribution in [3.63, 3.8) is 0 Å². The zero-order valence-electron chi connectivity index (χ0n) is 30.7. The normalized spacial score (nSPS) is 12.1. The molecule has 0 N–H and O–H groups in total. The van der Waals surface area contributed by atoms with E-state index in [1.165, 1.54) is 54.1 Å². The van der Waals surface area contributed by atoms with Crippen LogP contribution in [-0.2, 0) is 14.1 Å². The van der Waals surface area contributed by atoms with Gasteiger partial charge < -0.3 is 13.7 Å². The second kappa shape index (κ2) is 11.2. The Morgan fingerprint density at radius 1 is 0.429 bits per heavy atom. The number of nitrogens with zero attached hydrogens (tertiary/aromatic N) is 6. The minimum atomic E-state index is 0.611. The van der Waals surface area contributed by atoms with Gasteiger partial charge in [0.15, 0.2) is 0 Å². The van der Waals surface area contributed by atoms with Crippen LogP contribution < -0.4 is 0 Å². The Morgan fingerprint density at radius 3 is 1.41 bits per heavy atom. The van der Waals surface area contributed by atoms with E-state index in [2.05, 4.69) is 172 Å². The maximum atomic E-state index is 10.6. The van der Waals surface area contributed by atoms with Crippen LogP contribution in [0.1, 0.15) is 5.56 Å². The molecule has 0 aliphatic heterocycles. The highest BCUT2D eigenvalue weighted by atomic mass is 15.1. The SMILES string of the molecule is Cn1c2ccccc2c2ccc3c4ccccc4n(-c4cc(-c5ccccc5C#N)c(-n5c6ccccc6c6ccc7c8ccccc8n(C)c7c65)cn4)c3c21. The summed E-state index contributed by atoms with van der Waals surface area (Å²) in [6.07, 6.45) is 2.02. The molecular weight excluding hydrogens is 685 g/mol. The molecule has 0 aliphatic rings. The summed E-state index contributed by atoms with van der Waals surface area (Å²) in [5.41, 5.74) is 12.4. The van der Waals surface area contributed by atoms with Crippen molar-refractivity contribution in [1.82, 2.24) is 23.3 Å². The van der Waals surface area contributed by atoms with Crippen LogP contribution in [0, 0.1) is 11.3 Å². The molecule has 56 heavy (non-hydrogen) atoms. The van der Waals surface area contributed by atoms with Gasteiger partial charge in [0.1, 0.15) is 5.82 Å². The van der Waals surface area contributed by atoms with Crippen LogP contribution in [0.2, 0.25) is 0 Å². The van der Waals surface area contributed by atoms with Crippen LogP contribution in [0.5, 0.6) is 0 Å². The largest absolute Gasteiger partial charge is 0.342 e. The average Bonchev–Trinajstić information content (AvgIpc) is 3.96. The number of aryl methyl sites for hydroxylation is 2. The van der Waals surface area contributed by atoms with Gasteiger partial charge >= 0.3 is 0 Å². The van der Waals surface area contributed by atoms with Crippen LogP contribution in [-0.4, -0.2) is 23.3 Å². The predicted octanol–water partition coefficient (Wildman–Crippen LogP) is 12.1. The third-order valence-electron chi connectivity index (χ3n) is 12.1. The molecule has 6 heteroatoms. The summed E-state index contributed by atoms with van der Waals surface area (Å²) in [7, 11) is 4.32. The van der Waals surface area contributed by atoms with E-state index < -0.39 is 0 Å². The summed E-state index contributed by atoms with van der Waals surface area (Å²) < 4.78 is 9.33. The molecule has 0 radical (unpaired) electrons. The predicted molar refractivity (Wildman–Crippen MR) is 231 cm³/mol. The quantitative estimate of drug-likeness (QED) is 0.183. The summed E-state index contributed by atoms with van der Waals surface area (Å²) in [6, 6.07) is 56.2. The van der Waals surface area contributed by atoms with Crippen molar-refractivity contribution in [3.8, 4) is 28.7 Å². The second-order valence-corrected chi connectivity index (χ2v) is 14.8. The lowest BCUT2D eigenvalue weighted by molar-refractivity contribution is 1.00. The molecule has 262 valence electrons. The van der Waals surface area contributed by atoms with Gasteiger partial charge in [0.25, 0.3) is 0 Å². The van der Waals surface area contributed by atoms with Gasteiger partial charge in [-0.1, -0.05) is 115 Å². The molecule has 5 aromatic heterocycles. The van der Waals surface area contributed by atoms with E-state index in [1.54, 1.807) is 0 Å². The molecule has 5 heterocycles. The van der Waals surface area contributed by atoms with Gasteiger partial charge in [-0.2, -0.15) is 5.26 Å². The summed E-state index contributed by atoms with van der Waals surface area (Å²) in [5.74, 6) is 0.788. The average molecular weight is 717 g/mol. The lowest BCUT2D eigenvalue weighted by Gasteiger charge is -2.18. The first kappa shape index (κ1) is 30.8. The maximum absolute atomic E-state index is 10.6. The van der Waals surface area contributed by atoms with E-state index in [-0.39, 0.29) is 0 Å². The van der Waals surface area contributed by atoms with Crippen molar-refractivity contribution in [2.24, 2.45) is 14.1 Å². The van der Waals surface area contributed by atoms with E-state index in [4.69, 9.17) is 4.98 Å². The van der Waals surface area contributed by atoms with Crippen molar-refractivity contribution in [2.75, 3.05) is 0 Å².